The molecule has 0 fully saturated rings. The van der Waals surface area contributed by atoms with E-state index in [4.69, 9.17) is 9.47 Å². The molecule has 0 aliphatic rings. The summed E-state index contributed by atoms with van der Waals surface area (Å²) in [6, 6.07) is 18.0. The van der Waals surface area contributed by atoms with Crippen molar-refractivity contribution in [2.45, 2.75) is 20.4 Å². The average Bonchev–Trinajstić information content (AvgIpc) is 2.68. The number of methoxy groups -OCH3 is 1. The normalized spacial score (nSPS) is 10.7. The summed E-state index contributed by atoms with van der Waals surface area (Å²) < 4.78 is 10.9. The van der Waals surface area contributed by atoms with Gasteiger partial charge in [-0.05, 0) is 71.6 Å². The maximum atomic E-state index is 12.4. The molecule has 0 aliphatic carbocycles. The van der Waals surface area contributed by atoms with Gasteiger partial charge < -0.3 is 14.4 Å². The molecular weight excluding hydrogens is 338 g/mol. The minimum absolute atomic E-state index is 0.0315. The largest absolute Gasteiger partial charge is 0.497 e. The number of carbonyl (C=O) groups excluding carboxylic acids is 1. The highest BCUT2D eigenvalue weighted by Crippen LogP contribution is 2.22. The summed E-state index contributed by atoms with van der Waals surface area (Å²) >= 11 is 0. The second kappa shape index (κ2) is 8.12. The summed E-state index contributed by atoms with van der Waals surface area (Å²) in [5, 5.41) is 2.24. The minimum Gasteiger partial charge on any atom is -0.497 e. The topological polar surface area (TPSA) is 38.8 Å². The summed E-state index contributed by atoms with van der Waals surface area (Å²) in [4.78, 5) is 14.1. The van der Waals surface area contributed by atoms with Gasteiger partial charge in [-0.3, -0.25) is 4.79 Å². The van der Waals surface area contributed by atoms with Crippen molar-refractivity contribution in [3.8, 4) is 11.5 Å². The van der Waals surface area contributed by atoms with Gasteiger partial charge >= 0.3 is 0 Å². The fourth-order valence-corrected chi connectivity index (χ4v) is 2.92. The van der Waals surface area contributed by atoms with Gasteiger partial charge in [-0.15, -0.1) is 0 Å². The Kier molecular flexibility index (Phi) is 5.65. The number of nitrogens with zero attached hydrogens (tertiary/aromatic N) is 1. The van der Waals surface area contributed by atoms with Crippen LogP contribution in [0.4, 0.5) is 0 Å². The Hall–Kier alpha value is -3.01. The molecule has 4 heteroatoms. The molecule has 0 N–H and O–H groups in total. The lowest BCUT2D eigenvalue weighted by Gasteiger charge is -2.18. The SMILES string of the molecule is COc1ccc2cc(CN(C)C(=O)COc3ccc(C)c(C)c3)ccc2c1. The van der Waals surface area contributed by atoms with Crippen molar-refractivity contribution in [2.75, 3.05) is 20.8 Å². The first-order valence-corrected chi connectivity index (χ1v) is 8.97. The van der Waals surface area contributed by atoms with Crippen molar-refractivity contribution in [2.24, 2.45) is 0 Å². The summed E-state index contributed by atoms with van der Waals surface area (Å²) in [6.45, 7) is 4.66. The highest BCUT2D eigenvalue weighted by Gasteiger charge is 2.11. The Morgan fingerprint density at radius 1 is 0.889 bits per heavy atom. The second-order valence-electron chi connectivity index (χ2n) is 6.83. The van der Waals surface area contributed by atoms with Gasteiger partial charge in [0.25, 0.3) is 5.91 Å². The number of hydrogen-bond donors (Lipinski definition) is 0. The van der Waals surface area contributed by atoms with E-state index in [1.165, 1.54) is 5.56 Å². The smallest absolute Gasteiger partial charge is 0.260 e. The molecule has 0 atom stereocenters. The van der Waals surface area contributed by atoms with E-state index in [0.717, 1.165) is 33.4 Å². The Morgan fingerprint density at radius 2 is 1.59 bits per heavy atom. The van der Waals surface area contributed by atoms with Gasteiger partial charge in [-0.1, -0.05) is 24.3 Å². The molecule has 0 bridgehead atoms. The lowest BCUT2D eigenvalue weighted by atomic mass is 10.1. The monoisotopic (exact) mass is 363 g/mol. The molecule has 0 saturated carbocycles. The van der Waals surface area contributed by atoms with E-state index in [-0.39, 0.29) is 12.5 Å². The number of rotatable bonds is 6. The van der Waals surface area contributed by atoms with Crippen LogP contribution in [0.2, 0.25) is 0 Å². The zero-order valence-electron chi connectivity index (χ0n) is 16.3. The van der Waals surface area contributed by atoms with E-state index in [1.54, 1.807) is 19.1 Å². The van der Waals surface area contributed by atoms with Crippen LogP contribution in [0.15, 0.2) is 54.6 Å². The first-order chi connectivity index (χ1) is 13.0. The molecule has 0 radical (unpaired) electrons. The van der Waals surface area contributed by atoms with E-state index in [2.05, 4.69) is 19.1 Å². The molecule has 0 heterocycles. The number of carbonyl (C=O) groups is 1. The van der Waals surface area contributed by atoms with E-state index >= 15 is 0 Å². The zero-order valence-corrected chi connectivity index (χ0v) is 16.3. The van der Waals surface area contributed by atoms with E-state index in [9.17, 15) is 4.79 Å². The fraction of sp³-hybridized carbons (Fsp3) is 0.261. The van der Waals surface area contributed by atoms with Crippen molar-refractivity contribution >= 4 is 16.7 Å². The summed E-state index contributed by atoms with van der Waals surface area (Å²) in [7, 11) is 3.46. The number of aryl methyl sites for hydroxylation is 2. The summed E-state index contributed by atoms with van der Waals surface area (Å²) in [5.74, 6) is 1.51. The second-order valence-corrected chi connectivity index (χ2v) is 6.83. The highest BCUT2D eigenvalue weighted by atomic mass is 16.5. The van der Waals surface area contributed by atoms with Crippen LogP contribution < -0.4 is 9.47 Å². The van der Waals surface area contributed by atoms with Gasteiger partial charge in [-0.25, -0.2) is 0 Å². The molecule has 3 rings (SSSR count). The van der Waals surface area contributed by atoms with Crippen LogP contribution >= 0.6 is 0 Å². The summed E-state index contributed by atoms with van der Waals surface area (Å²) in [5.41, 5.74) is 3.44. The molecule has 3 aromatic carbocycles. The molecule has 1 amide bonds. The minimum atomic E-state index is -0.0527. The molecule has 140 valence electrons. The van der Waals surface area contributed by atoms with Gasteiger partial charge in [0.05, 0.1) is 7.11 Å². The summed E-state index contributed by atoms with van der Waals surface area (Å²) in [6.07, 6.45) is 0. The van der Waals surface area contributed by atoms with Crippen LogP contribution in [0.1, 0.15) is 16.7 Å². The van der Waals surface area contributed by atoms with Crippen LogP contribution in [-0.4, -0.2) is 31.6 Å². The van der Waals surface area contributed by atoms with Gasteiger partial charge in [0.15, 0.2) is 6.61 Å². The number of likely N-dealkylation sites (N-methyl/N-ethyl adjacent to an activating group) is 1. The lowest BCUT2D eigenvalue weighted by molar-refractivity contribution is -0.132. The number of benzene rings is 3. The van der Waals surface area contributed by atoms with Gasteiger partial charge in [0, 0.05) is 13.6 Å². The van der Waals surface area contributed by atoms with Crippen LogP contribution in [0, 0.1) is 13.8 Å². The fourth-order valence-electron chi connectivity index (χ4n) is 2.92. The van der Waals surface area contributed by atoms with Crippen LogP contribution in [0.25, 0.3) is 10.8 Å². The van der Waals surface area contributed by atoms with E-state index in [0.29, 0.717) is 6.54 Å². The first-order valence-electron chi connectivity index (χ1n) is 8.97. The Balaban J connectivity index is 1.61. The Labute approximate surface area is 160 Å². The molecule has 3 aromatic rings. The van der Waals surface area contributed by atoms with Crippen LogP contribution in [-0.2, 0) is 11.3 Å². The number of ether oxygens (including phenoxy) is 2. The maximum absolute atomic E-state index is 12.4. The van der Waals surface area contributed by atoms with Crippen molar-refractivity contribution in [1.29, 1.82) is 0 Å². The highest BCUT2D eigenvalue weighted by molar-refractivity contribution is 5.84. The van der Waals surface area contributed by atoms with Crippen molar-refractivity contribution in [3.63, 3.8) is 0 Å². The molecule has 0 unspecified atom stereocenters. The lowest BCUT2D eigenvalue weighted by Crippen LogP contribution is -2.30. The molecule has 0 aliphatic heterocycles. The van der Waals surface area contributed by atoms with Gasteiger partial charge in [-0.2, -0.15) is 0 Å². The van der Waals surface area contributed by atoms with E-state index in [1.807, 2.05) is 49.4 Å². The number of hydrogen-bond acceptors (Lipinski definition) is 3. The van der Waals surface area contributed by atoms with Crippen LogP contribution in [0.3, 0.4) is 0 Å². The number of fused-ring (bicyclic) bond motifs is 1. The van der Waals surface area contributed by atoms with Gasteiger partial charge in [0.1, 0.15) is 11.5 Å². The number of amides is 1. The predicted octanol–water partition coefficient (Wildman–Crippen LogP) is 4.50. The average molecular weight is 363 g/mol. The molecule has 0 saturated heterocycles. The van der Waals surface area contributed by atoms with Crippen molar-refractivity contribution < 1.29 is 14.3 Å². The maximum Gasteiger partial charge on any atom is 0.260 e. The zero-order chi connectivity index (χ0) is 19.4. The van der Waals surface area contributed by atoms with Gasteiger partial charge in [0.2, 0.25) is 0 Å². The standard InChI is InChI=1S/C23H25NO3/c1-16-5-9-22(11-17(16)2)27-15-23(25)24(3)14-18-6-7-20-13-21(26-4)10-8-19(20)12-18/h5-13H,14-15H2,1-4H3. The van der Waals surface area contributed by atoms with Crippen molar-refractivity contribution in [1.82, 2.24) is 4.90 Å². The van der Waals surface area contributed by atoms with E-state index < -0.39 is 0 Å². The predicted molar refractivity (Wildman–Crippen MR) is 108 cm³/mol. The molecule has 0 aromatic heterocycles. The third-order valence-electron chi connectivity index (χ3n) is 4.80. The Bertz CT molecular complexity index is 965. The molecule has 0 spiro atoms. The third-order valence-corrected chi connectivity index (χ3v) is 4.80. The molecule has 27 heavy (non-hydrogen) atoms. The van der Waals surface area contributed by atoms with Crippen LogP contribution in [0.5, 0.6) is 11.5 Å². The molecular formula is C23H25NO3. The Morgan fingerprint density at radius 3 is 2.33 bits per heavy atom. The van der Waals surface area contributed by atoms with Crippen molar-refractivity contribution in [3.05, 3.63) is 71.3 Å². The quantitative estimate of drug-likeness (QED) is 0.647. The first kappa shape index (κ1) is 18.8. The molecule has 4 nitrogen and oxygen atoms in total. The third kappa shape index (κ3) is 4.59.